The lowest BCUT2D eigenvalue weighted by Gasteiger charge is -2.20. The van der Waals surface area contributed by atoms with Gasteiger partial charge in [-0.05, 0) is 18.1 Å². The molecular formula is C15H21N3OS. The molecular weight excluding hydrogens is 270 g/mol. The number of benzene rings is 1. The van der Waals surface area contributed by atoms with Crippen LogP contribution in [0.5, 0.6) is 0 Å². The lowest BCUT2D eigenvalue weighted by molar-refractivity contribution is -0.131. The van der Waals surface area contributed by atoms with Crippen molar-refractivity contribution >= 4 is 27.5 Å². The van der Waals surface area contributed by atoms with Gasteiger partial charge in [0.25, 0.3) is 0 Å². The van der Waals surface area contributed by atoms with Gasteiger partial charge in [-0.2, -0.15) is 0 Å². The lowest BCUT2D eigenvalue weighted by Crippen LogP contribution is -2.35. The summed E-state index contributed by atoms with van der Waals surface area (Å²) in [7, 11) is 1.81. The molecule has 1 atom stereocenters. The van der Waals surface area contributed by atoms with Crippen molar-refractivity contribution in [2.75, 3.05) is 7.05 Å². The minimum Gasteiger partial charge on any atom is -0.339 e. The molecule has 0 radical (unpaired) electrons. The molecule has 2 N–H and O–H groups in total. The molecule has 0 aliphatic heterocycles. The first kappa shape index (κ1) is 14.9. The van der Waals surface area contributed by atoms with Gasteiger partial charge in [0.05, 0.1) is 16.8 Å². The number of para-hydroxylation sites is 1. The van der Waals surface area contributed by atoms with E-state index in [9.17, 15) is 4.79 Å². The van der Waals surface area contributed by atoms with E-state index in [0.717, 1.165) is 15.2 Å². The summed E-state index contributed by atoms with van der Waals surface area (Å²) in [6.07, 6.45) is 0.388. The van der Waals surface area contributed by atoms with Gasteiger partial charge in [-0.1, -0.05) is 26.0 Å². The summed E-state index contributed by atoms with van der Waals surface area (Å²) >= 11 is 1.63. The summed E-state index contributed by atoms with van der Waals surface area (Å²) in [5.41, 5.74) is 6.94. The van der Waals surface area contributed by atoms with Crippen molar-refractivity contribution < 1.29 is 4.79 Å². The van der Waals surface area contributed by atoms with Crippen molar-refractivity contribution in [3.8, 4) is 0 Å². The summed E-state index contributed by atoms with van der Waals surface area (Å²) in [5, 5.41) is 0.958. The Kier molecular flexibility index (Phi) is 4.73. The number of rotatable bonds is 5. The van der Waals surface area contributed by atoms with Crippen LogP contribution in [0.15, 0.2) is 24.3 Å². The summed E-state index contributed by atoms with van der Waals surface area (Å²) in [6.45, 7) is 4.61. The number of nitrogens with two attached hydrogens (primary N) is 1. The zero-order valence-electron chi connectivity index (χ0n) is 12.2. The summed E-state index contributed by atoms with van der Waals surface area (Å²) in [5.74, 6) is 0.389. The number of hydrogen-bond donors (Lipinski definition) is 1. The SMILES string of the molecule is CC(C)C(N)CC(=O)N(C)Cc1nc2ccccc2s1. The molecule has 4 nitrogen and oxygen atoms in total. The van der Waals surface area contributed by atoms with Crippen LogP contribution in [0.4, 0.5) is 0 Å². The highest BCUT2D eigenvalue weighted by molar-refractivity contribution is 7.18. The zero-order valence-corrected chi connectivity index (χ0v) is 13.0. The molecule has 0 aliphatic rings. The number of thiazole rings is 1. The highest BCUT2D eigenvalue weighted by Crippen LogP contribution is 2.22. The van der Waals surface area contributed by atoms with Crippen molar-refractivity contribution in [1.29, 1.82) is 0 Å². The zero-order chi connectivity index (χ0) is 14.7. The Balaban J connectivity index is 2.00. The molecule has 0 saturated carbocycles. The largest absolute Gasteiger partial charge is 0.339 e. The number of fused-ring (bicyclic) bond motifs is 1. The van der Waals surface area contributed by atoms with Crippen molar-refractivity contribution in [3.63, 3.8) is 0 Å². The maximum atomic E-state index is 12.1. The highest BCUT2D eigenvalue weighted by atomic mass is 32.1. The van der Waals surface area contributed by atoms with Crippen LogP contribution < -0.4 is 5.73 Å². The minimum atomic E-state index is -0.0830. The highest BCUT2D eigenvalue weighted by Gasteiger charge is 2.17. The van der Waals surface area contributed by atoms with Crippen molar-refractivity contribution in [1.82, 2.24) is 9.88 Å². The van der Waals surface area contributed by atoms with Crippen molar-refractivity contribution in [2.45, 2.75) is 32.9 Å². The van der Waals surface area contributed by atoms with Crippen LogP contribution in [0.1, 0.15) is 25.3 Å². The van der Waals surface area contributed by atoms with Gasteiger partial charge in [-0.25, -0.2) is 4.98 Å². The van der Waals surface area contributed by atoms with E-state index in [2.05, 4.69) is 4.98 Å². The van der Waals surface area contributed by atoms with E-state index in [-0.39, 0.29) is 11.9 Å². The number of aromatic nitrogens is 1. The van der Waals surface area contributed by atoms with Gasteiger partial charge >= 0.3 is 0 Å². The second kappa shape index (κ2) is 6.33. The molecule has 5 heteroatoms. The second-order valence-electron chi connectivity index (χ2n) is 5.44. The second-order valence-corrected chi connectivity index (χ2v) is 6.55. The molecule has 1 heterocycles. The van der Waals surface area contributed by atoms with Gasteiger partial charge in [0.15, 0.2) is 0 Å². The fourth-order valence-electron chi connectivity index (χ4n) is 1.87. The van der Waals surface area contributed by atoms with E-state index >= 15 is 0 Å². The van der Waals surface area contributed by atoms with Crippen LogP contribution in [0.2, 0.25) is 0 Å². The molecule has 0 bridgehead atoms. The summed E-state index contributed by atoms with van der Waals surface area (Å²) in [6, 6.07) is 7.93. The maximum Gasteiger partial charge on any atom is 0.224 e. The van der Waals surface area contributed by atoms with Gasteiger partial charge in [-0.15, -0.1) is 11.3 Å². The predicted molar refractivity (Wildman–Crippen MR) is 83.5 cm³/mol. The Hall–Kier alpha value is -1.46. The number of carbonyl (C=O) groups is 1. The van der Waals surface area contributed by atoms with Gasteiger partial charge in [-0.3, -0.25) is 4.79 Å². The first-order valence-corrected chi connectivity index (χ1v) is 7.63. The molecule has 0 fully saturated rings. The minimum absolute atomic E-state index is 0.0745. The quantitative estimate of drug-likeness (QED) is 0.921. The van der Waals surface area contributed by atoms with E-state index in [0.29, 0.717) is 18.9 Å². The third-order valence-electron chi connectivity index (χ3n) is 3.40. The van der Waals surface area contributed by atoms with E-state index < -0.39 is 0 Å². The van der Waals surface area contributed by atoms with E-state index in [1.807, 2.05) is 38.1 Å². The van der Waals surface area contributed by atoms with Crippen LogP contribution in [0.25, 0.3) is 10.2 Å². The monoisotopic (exact) mass is 291 g/mol. The summed E-state index contributed by atoms with van der Waals surface area (Å²) < 4.78 is 1.15. The first-order chi connectivity index (χ1) is 9.47. The van der Waals surface area contributed by atoms with Crippen LogP contribution in [0.3, 0.4) is 0 Å². The standard InChI is InChI=1S/C15H21N3OS/c1-10(2)11(16)8-15(19)18(3)9-14-17-12-6-4-5-7-13(12)20-14/h4-7,10-11H,8-9,16H2,1-3H3. The van der Waals surface area contributed by atoms with Gasteiger partial charge < -0.3 is 10.6 Å². The Labute approximate surface area is 123 Å². The predicted octanol–water partition coefficient (Wildman–Crippen LogP) is 2.63. The summed E-state index contributed by atoms with van der Waals surface area (Å²) in [4.78, 5) is 18.4. The molecule has 0 spiro atoms. The number of nitrogens with zero attached hydrogens (tertiary/aromatic N) is 2. The number of hydrogen-bond acceptors (Lipinski definition) is 4. The molecule has 108 valence electrons. The Morgan fingerprint density at radius 3 is 2.75 bits per heavy atom. The smallest absolute Gasteiger partial charge is 0.224 e. The normalized spacial score (nSPS) is 12.8. The van der Waals surface area contributed by atoms with Crippen molar-refractivity contribution in [2.24, 2.45) is 11.7 Å². The van der Waals surface area contributed by atoms with E-state index in [1.165, 1.54) is 0 Å². The van der Waals surface area contributed by atoms with E-state index in [4.69, 9.17) is 5.73 Å². The third-order valence-corrected chi connectivity index (χ3v) is 4.42. The Bertz CT molecular complexity index is 561. The van der Waals surface area contributed by atoms with Crippen LogP contribution in [0, 0.1) is 5.92 Å². The fourth-order valence-corrected chi connectivity index (χ4v) is 2.89. The van der Waals surface area contributed by atoms with Crippen LogP contribution >= 0.6 is 11.3 Å². The van der Waals surface area contributed by atoms with Crippen molar-refractivity contribution in [3.05, 3.63) is 29.3 Å². The molecule has 0 aliphatic carbocycles. The van der Waals surface area contributed by atoms with Crippen LogP contribution in [-0.4, -0.2) is 28.9 Å². The van der Waals surface area contributed by atoms with E-state index in [1.54, 1.807) is 23.3 Å². The molecule has 1 aromatic carbocycles. The fraction of sp³-hybridized carbons (Fsp3) is 0.467. The van der Waals surface area contributed by atoms with Gasteiger partial charge in [0.2, 0.25) is 5.91 Å². The lowest BCUT2D eigenvalue weighted by atomic mass is 10.0. The number of carbonyl (C=O) groups excluding carboxylic acids is 1. The third kappa shape index (κ3) is 3.55. The van der Waals surface area contributed by atoms with Gasteiger partial charge in [0.1, 0.15) is 5.01 Å². The molecule has 2 aromatic rings. The van der Waals surface area contributed by atoms with Gasteiger partial charge in [0, 0.05) is 19.5 Å². The molecule has 1 unspecified atom stereocenters. The molecule has 20 heavy (non-hydrogen) atoms. The molecule has 2 rings (SSSR count). The molecule has 0 saturated heterocycles. The first-order valence-electron chi connectivity index (χ1n) is 6.81. The maximum absolute atomic E-state index is 12.1. The van der Waals surface area contributed by atoms with Crippen LogP contribution in [-0.2, 0) is 11.3 Å². The molecule has 1 aromatic heterocycles. The average molecular weight is 291 g/mol. The molecule has 1 amide bonds. The topological polar surface area (TPSA) is 59.2 Å². The average Bonchev–Trinajstić information content (AvgIpc) is 2.80. The Morgan fingerprint density at radius 2 is 2.10 bits per heavy atom. The Morgan fingerprint density at radius 1 is 1.40 bits per heavy atom. The number of amides is 1.